The van der Waals surface area contributed by atoms with E-state index < -0.39 is 12.1 Å². The van der Waals surface area contributed by atoms with Gasteiger partial charge in [0.1, 0.15) is 6.10 Å². The number of ether oxygens (including phenoxy) is 1. The first-order chi connectivity index (χ1) is 8.97. The number of carbonyl (C=O) groups is 2. The van der Waals surface area contributed by atoms with Gasteiger partial charge in [-0.15, -0.1) is 0 Å². The predicted octanol–water partition coefficient (Wildman–Crippen LogP) is 2.54. The maximum Gasteiger partial charge on any atom is 0.337 e. The minimum atomic E-state index is -1.12. The second-order valence-corrected chi connectivity index (χ2v) is 4.93. The van der Waals surface area contributed by atoms with E-state index in [4.69, 9.17) is 21.4 Å². The number of anilines is 1. The van der Waals surface area contributed by atoms with Crippen LogP contribution in [0.4, 0.5) is 5.69 Å². The van der Waals surface area contributed by atoms with E-state index in [9.17, 15) is 9.59 Å². The SMILES string of the molecule is CC1CCC(C(=O)Nc2cc(Cl)ccc2C(=O)O)O1. The molecule has 0 aromatic heterocycles. The fourth-order valence-corrected chi connectivity index (χ4v) is 2.19. The quantitative estimate of drug-likeness (QED) is 0.894. The number of carbonyl (C=O) groups excluding carboxylic acids is 1. The first kappa shape index (κ1) is 13.8. The molecule has 0 bridgehead atoms. The van der Waals surface area contributed by atoms with Gasteiger partial charge in [-0.25, -0.2) is 4.79 Å². The van der Waals surface area contributed by atoms with Crippen LogP contribution in [0.5, 0.6) is 0 Å². The van der Waals surface area contributed by atoms with E-state index in [-0.39, 0.29) is 23.3 Å². The summed E-state index contributed by atoms with van der Waals surface area (Å²) in [4.78, 5) is 23.0. The number of halogens is 1. The zero-order chi connectivity index (χ0) is 14.0. The molecule has 6 heteroatoms. The second-order valence-electron chi connectivity index (χ2n) is 4.50. The molecule has 1 aromatic rings. The van der Waals surface area contributed by atoms with Gasteiger partial charge in [0.05, 0.1) is 17.4 Å². The van der Waals surface area contributed by atoms with Gasteiger partial charge in [-0.3, -0.25) is 4.79 Å². The second kappa shape index (κ2) is 5.59. The third-order valence-corrected chi connectivity index (χ3v) is 3.23. The molecule has 102 valence electrons. The molecule has 1 amide bonds. The Labute approximate surface area is 115 Å². The molecule has 1 aliphatic heterocycles. The highest BCUT2D eigenvalue weighted by Crippen LogP contribution is 2.24. The van der Waals surface area contributed by atoms with E-state index in [1.165, 1.54) is 18.2 Å². The molecule has 2 rings (SSSR count). The third-order valence-electron chi connectivity index (χ3n) is 2.99. The van der Waals surface area contributed by atoms with Crippen LogP contribution in [0.3, 0.4) is 0 Å². The van der Waals surface area contributed by atoms with E-state index in [0.717, 1.165) is 6.42 Å². The molecular weight excluding hydrogens is 270 g/mol. The molecule has 1 heterocycles. The Morgan fingerprint density at radius 2 is 2.16 bits per heavy atom. The van der Waals surface area contributed by atoms with Crippen LogP contribution in [0, 0.1) is 0 Å². The van der Waals surface area contributed by atoms with Crippen molar-refractivity contribution in [3.63, 3.8) is 0 Å². The van der Waals surface area contributed by atoms with Gasteiger partial charge < -0.3 is 15.2 Å². The Balaban J connectivity index is 2.16. The summed E-state index contributed by atoms with van der Waals surface area (Å²) in [5.74, 6) is -1.46. The van der Waals surface area contributed by atoms with Crippen molar-refractivity contribution < 1.29 is 19.4 Å². The summed E-state index contributed by atoms with van der Waals surface area (Å²) in [5, 5.41) is 12.0. The van der Waals surface area contributed by atoms with Crippen molar-refractivity contribution in [3.05, 3.63) is 28.8 Å². The molecule has 1 aromatic carbocycles. The van der Waals surface area contributed by atoms with Gasteiger partial charge in [0.15, 0.2) is 0 Å². The number of carboxylic acid groups (broad SMARTS) is 1. The molecule has 2 atom stereocenters. The average molecular weight is 284 g/mol. The summed E-state index contributed by atoms with van der Waals surface area (Å²) in [5.41, 5.74) is 0.192. The third kappa shape index (κ3) is 3.24. The first-order valence-electron chi connectivity index (χ1n) is 5.96. The minimum Gasteiger partial charge on any atom is -0.478 e. The maximum absolute atomic E-state index is 12.0. The van der Waals surface area contributed by atoms with Crippen LogP contribution in [0.1, 0.15) is 30.1 Å². The van der Waals surface area contributed by atoms with E-state index in [1.54, 1.807) is 0 Å². The summed E-state index contributed by atoms with van der Waals surface area (Å²) in [6.45, 7) is 1.90. The van der Waals surface area contributed by atoms with Crippen LogP contribution in [-0.2, 0) is 9.53 Å². The standard InChI is InChI=1S/C13H14ClNO4/c1-7-2-5-11(19-7)12(16)15-10-6-8(14)3-4-9(10)13(17)18/h3-4,6-7,11H,2,5H2,1H3,(H,15,16)(H,17,18). The van der Waals surface area contributed by atoms with E-state index >= 15 is 0 Å². The van der Waals surface area contributed by atoms with Crippen molar-refractivity contribution in [1.29, 1.82) is 0 Å². The normalized spacial score (nSPS) is 22.2. The Kier molecular flexibility index (Phi) is 4.07. The molecule has 0 aliphatic carbocycles. The van der Waals surface area contributed by atoms with Crippen molar-refractivity contribution in [2.24, 2.45) is 0 Å². The minimum absolute atomic E-state index is 0.00351. The summed E-state index contributed by atoms with van der Waals surface area (Å²) in [7, 11) is 0. The molecule has 0 spiro atoms. The van der Waals surface area contributed by atoms with Gasteiger partial charge in [0.2, 0.25) is 0 Å². The van der Waals surface area contributed by atoms with Crippen LogP contribution in [0.15, 0.2) is 18.2 Å². The lowest BCUT2D eigenvalue weighted by atomic mass is 10.1. The highest BCUT2D eigenvalue weighted by molar-refractivity contribution is 6.31. The maximum atomic E-state index is 12.0. The van der Waals surface area contributed by atoms with Crippen LogP contribution >= 0.6 is 11.6 Å². The van der Waals surface area contributed by atoms with Gasteiger partial charge in [-0.05, 0) is 38.0 Å². The zero-order valence-electron chi connectivity index (χ0n) is 10.4. The van der Waals surface area contributed by atoms with Gasteiger partial charge >= 0.3 is 5.97 Å². The molecule has 2 N–H and O–H groups in total. The Bertz CT molecular complexity index is 517. The number of hydrogen-bond donors (Lipinski definition) is 2. The van der Waals surface area contributed by atoms with Crippen molar-refractivity contribution in [2.45, 2.75) is 32.0 Å². The molecule has 1 saturated heterocycles. The van der Waals surface area contributed by atoms with Gasteiger partial charge in [0.25, 0.3) is 5.91 Å². The molecule has 19 heavy (non-hydrogen) atoms. The number of amides is 1. The summed E-state index contributed by atoms with van der Waals surface area (Å²) in [6, 6.07) is 4.24. The van der Waals surface area contributed by atoms with Crippen molar-refractivity contribution >= 4 is 29.2 Å². The Morgan fingerprint density at radius 1 is 1.42 bits per heavy atom. The zero-order valence-corrected chi connectivity index (χ0v) is 11.1. The lowest BCUT2D eigenvalue weighted by Gasteiger charge is -2.13. The van der Waals surface area contributed by atoms with Gasteiger partial charge in [0, 0.05) is 5.02 Å². The first-order valence-corrected chi connectivity index (χ1v) is 6.34. The number of hydrogen-bond acceptors (Lipinski definition) is 3. The lowest BCUT2D eigenvalue weighted by molar-refractivity contribution is -0.126. The number of aromatic carboxylic acids is 1. The molecule has 0 saturated carbocycles. The number of nitrogens with one attached hydrogen (secondary N) is 1. The van der Waals surface area contributed by atoms with Gasteiger partial charge in [-0.1, -0.05) is 11.6 Å². The van der Waals surface area contributed by atoms with Crippen LogP contribution in [0.2, 0.25) is 5.02 Å². The Hall–Kier alpha value is -1.59. The number of benzene rings is 1. The lowest BCUT2D eigenvalue weighted by Crippen LogP contribution is -2.28. The predicted molar refractivity (Wildman–Crippen MR) is 70.6 cm³/mol. The van der Waals surface area contributed by atoms with Crippen LogP contribution in [0.25, 0.3) is 0 Å². The highest BCUT2D eigenvalue weighted by Gasteiger charge is 2.28. The Morgan fingerprint density at radius 3 is 2.74 bits per heavy atom. The summed E-state index contributed by atoms with van der Waals surface area (Å²) in [6.07, 6.45) is 0.972. The smallest absolute Gasteiger partial charge is 0.337 e. The topological polar surface area (TPSA) is 75.6 Å². The van der Waals surface area contributed by atoms with Crippen LogP contribution < -0.4 is 5.32 Å². The fourth-order valence-electron chi connectivity index (χ4n) is 2.02. The largest absolute Gasteiger partial charge is 0.478 e. The van der Waals surface area contributed by atoms with Crippen molar-refractivity contribution in [2.75, 3.05) is 5.32 Å². The van der Waals surface area contributed by atoms with Crippen LogP contribution in [-0.4, -0.2) is 29.2 Å². The molecule has 0 radical (unpaired) electrons. The summed E-state index contributed by atoms with van der Waals surface area (Å²) >= 11 is 5.81. The van der Waals surface area contributed by atoms with Crippen molar-refractivity contribution in [1.82, 2.24) is 0 Å². The monoisotopic (exact) mass is 283 g/mol. The fraction of sp³-hybridized carbons (Fsp3) is 0.385. The average Bonchev–Trinajstić information content (AvgIpc) is 2.75. The summed E-state index contributed by atoms with van der Waals surface area (Å²) < 4.78 is 5.43. The number of carboxylic acids is 1. The number of rotatable bonds is 3. The molecule has 1 aliphatic rings. The van der Waals surface area contributed by atoms with E-state index in [1.807, 2.05) is 6.92 Å². The molecule has 1 fully saturated rings. The van der Waals surface area contributed by atoms with Crippen molar-refractivity contribution in [3.8, 4) is 0 Å². The van der Waals surface area contributed by atoms with Gasteiger partial charge in [-0.2, -0.15) is 0 Å². The molecule has 5 nitrogen and oxygen atoms in total. The highest BCUT2D eigenvalue weighted by atomic mass is 35.5. The van der Waals surface area contributed by atoms with E-state index in [2.05, 4.69) is 5.32 Å². The molecular formula is C13H14ClNO4. The molecule has 2 unspecified atom stereocenters. The van der Waals surface area contributed by atoms with E-state index in [0.29, 0.717) is 11.4 Å².